The molecule has 1 rings (SSSR count). The summed E-state index contributed by atoms with van der Waals surface area (Å²) in [5, 5.41) is 39.7. The topological polar surface area (TPSA) is 366 Å². The van der Waals surface area contributed by atoms with Crippen LogP contribution in [0.3, 0.4) is 0 Å². The molecule has 0 aliphatic rings. The number of nitrogens with one attached hydrogen (secondary N) is 6. The summed E-state index contributed by atoms with van der Waals surface area (Å²) >= 11 is 0. The van der Waals surface area contributed by atoms with Crippen LogP contribution in [0.25, 0.3) is 0 Å². The molecular weight excluding hydrogens is 758 g/mol. The molecule has 1 radical (unpaired) electrons. The van der Waals surface area contributed by atoms with E-state index in [0.717, 1.165) is 0 Å². The molecule has 0 spiro atoms. The van der Waals surface area contributed by atoms with E-state index in [1.165, 1.54) is 10.9 Å². The zero-order valence-electron chi connectivity index (χ0n) is 26.3. The van der Waals surface area contributed by atoms with Crippen LogP contribution in [0.5, 0.6) is 0 Å². The summed E-state index contributed by atoms with van der Waals surface area (Å²) in [4.78, 5) is 91.3. The zero-order chi connectivity index (χ0) is 38.2. The van der Waals surface area contributed by atoms with Gasteiger partial charge in [0.15, 0.2) is 0 Å². The minimum atomic E-state index is -1.25. The molecule has 1 unspecified atom stereocenters. The van der Waals surface area contributed by atoms with E-state index < -0.39 is 60.7 Å². The van der Waals surface area contributed by atoms with Crippen molar-refractivity contribution in [3.8, 4) is 0 Å². The fourth-order valence-corrected chi connectivity index (χ4v) is 3.25. The normalized spacial score (nSPS) is 10.2. The third-order valence-electron chi connectivity index (χ3n) is 5.43. The number of carboxylic acids is 2. The molecule has 1 heterocycles. The SMILES string of the molecule is N[C@@H](Cc1cn(CC(=O)NCCCCC(NC(=O)CCNC(=O)CNC(=O)CNC(=O)CNC=O)C(=O)O)nn1)C(=O)O.[C-]#[O+].[C-]#[O+].[C-]#[O+].[Tc]. The number of aliphatic carboxylic acids is 2. The van der Waals surface area contributed by atoms with Crippen LogP contribution in [0.1, 0.15) is 31.4 Å². The number of rotatable bonds is 22. The van der Waals surface area contributed by atoms with Gasteiger partial charge in [-0.15, -0.1) is 5.10 Å². The summed E-state index contributed by atoms with van der Waals surface area (Å²) in [6, 6.07) is -2.32. The van der Waals surface area contributed by atoms with Gasteiger partial charge in [0.1, 0.15) is 18.6 Å². The van der Waals surface area contributed by atoms with E-state index in [9.17, 15) is 43.5 Å². The van der Waals surface area contributed by atoms with Gasteiger partial charge in [0.05, 0.1) is 25.3 Å². The number of aromatic nitrogens is 3. The minimum absolute atomic E-state index is 0. The molecule has 275 valence electrons. The number of carbonyl (C=O) groups excluding carboxylic acids is 6. The smallest absolute Gasteiger partial charge is 0 e. The van der Waals surface area contributed by atoms with Crippen LogP contribution in [0, 0.1) is 20.0 Å². The van der Waals surface area contributed by atoms with Crippen molar-refractivity contribution in [1.82, 2.24) is 46.9 Å². The Kier molecular flexibility index (Phi) is 34.7. The van der Waals surface area contributed by atoms with Gasteiger partial charge in [-0.2, -0.15) is 0 Å². The maximum Gasteiger partial charge on any atom is 0 e. The third-order valence-corrected chi connectivity index (χ3v) is 5.43. The maximum atomic E-state index is 12.1. The molecule has 1 aromatic heterocycles. The Labute approximate surface area is 298 Å². The first-order valence-electron chi connectivity index (χ1n) is 13.7. The van der Waals surface area contributed by atoms with Crippen LogP contribution in [0.2, 0.25) is 0 Å². The average Bonchev–Trinajstić information content (AvgIpc) is 3.53. The Morgan fingerprint density at radius 2 is 1.34 bits per heavy atom. The molecule has 0 saturated heterocycles. The summed E-state index contributed by atoms with van der Waals surface area (Å²) in [7, 11) is 0. The molecule has 0 aliphatic carbocycles. The molecule has 24 heteroatoms. The summed E-state index contributed by atoms with van der Waals surface area (Å²) in [6.45, 7) is 12.3. The Balaban J connectivity index is -0.00000143. The molecule has 50 heavy (non-hydrogen) atoms. The van der Waals surface area contributed by atoms with Crippen molar-refractivity contribution in [3.05, 3.63) is 31.8 Å². The number of carboxylic acid groups (broad SMARTS) is 2. The fraction of sp³-hybridized carbons (Fsp3) is 0.500. The minimum Gasteiger partial charge on any atom is 0 e. The number of unbranched alkanes of at least 4 members (excludes halogenated alkanes) is 1. The Hall–Kier alpha value is -5.27. The molecule has 0 aliphatic heterocycles. The molecular formula is C26H36N10O13Tc. The summed E-state index contributed by atoms with van der Waals surface area (Å²) in [6.07, 6.45) is 2.35. The van der Waals surface area contributed by atoms with Crippen molar-refractivity contribution in [2.24, 2.45) is 5.73 Å². The Bertz CT molecular complexity index is 1270. The summed E-state index contributed by atoms with van der Waals surface area (Å²) in [5.41, 5.74) is 5.76. The molecule has 2 atom stereocenters. The summed E-state index contributed by atoms with van der Waals surface area (Å²) in [5.74, 6) is -5.30. The van der Waals surface area contributed by atoms with Crippen LogP contribution < -0.4 is 37.6 Å². The van der Waals surface area contributed by atoms with Crippen molar-refractivity contribution in [2.45, 2.75) is 50.7 Å². The second-order valence-corrected chi connectivity index (χ2v) is 9.01. The van der Waals surface area contributed by atoms with Gasteiger partial charge in [0, 0.05) is 52.2 Å². The van der Waals surface area contributed by atoms with Crippen molar-refractivity contribution in [1.29, 1.82) is 0 Å². The van der Waals surface area contributed by atoms with E-state index in [-0.39, 0.29) is 71.5 Å². The largest absolute Gasteiger partial charge is 0 e. The molecule has 0 fully saturated rings. The van der Waals surface area contributed by atoms with Gasteiger partial charge < -0.3 is 47.8 Å². The molecule has 0 saturated carbocycles. The van der Waals surface area contributed by atoms with Crippen LogP contribution >= 0.6 is 0 Å². The van der Waals surface area contributed by atoms with Gasteiger partial charge in [-0.05, 0) is 19.3 Å². The van der Waals surface area contributed by atoms with E-state index in [4.69, 9.17) is 24.8 Å². The predicted octanol–water partition coefficient (Wildman–Crippen LogP) is -5.54. The van der Waals surface area contributed by atoms with Gasteiger partial charge in [-0.25, -0.2) is 9.48 Å². The van der Waals surface area contributed by atoms with Gasteiger partial charge in [0.25, 0.3) is 0 Å². The van der Waals surface area contributed by atoms with Crippen LogP contribution in [0.15, 0.2) is 6.20 Å². The van der Waals surface area contributed by atoms with Gasteiger partial charge >= 0.3 is 45.8 Å². The second kappa shape index (κ2) is 33.6. The van der Waals surface area contributed by atoms with Gasteiger partial charge in [0.2, 0.25) is 35.9 Å². The number of carbonyl (C=O) groups is 8. The first-order chi connectivity index (χ1) is 23.4. The van der Waals surface area contributed by atoms with Crippen molar-refractivity contribution >= 4 is 47.9 Å². The van der Waals surface area contributed by atoms with Gasteiger partial charge in [-0.3, -0.25) is 33.6 Å². The molecule has 10 N–H and O–H groups in total. The maximum absolute atomic E-state index is 12.1. The summed E-state index contributed by atoms with van der Waals surface area (Å²) < 4.78 is 23.7. The van der Waals surface area contributed by atoms with Crippen LogP contribution in [-0.4, -0.2) is 118 Å². The molecule has 1 aromatic rings. The average molecular weight is 795 g/mol. The van der Waals surface area contributed by atoms with Gasteiger partial charge in [-0.1, -0.05) is 5.21 Å². The number of amides is 6. The number of nitrogens with two attached hydrogens (primary N) is 1. The van der Waals surface area contributed by atoms with E-state index in [0.29, 0.717) is 24.9 Å². The van der Waals surface area contributed by atoms with E-state index in [1.54, 1.807) is 0 Å². The van der Waals surface area contributed by atoms with E-state index in [1.807, 2.05) is 0 Å². The number of hydrogen-bond acceptors (Lipinski definition) is 11. The molecule has 23 nitrogen and oxygen atoms in total. The van der Waals surface area contributed by atoms with Crippen molar-refractivity contribution in [3.63, 3.8) is 0 Å². The van der Waals surface area contributed by atoms with Crippen molar-refractivity contribution in [2.75, 3.05) is 32.7 Å². The quantitative estimate of drug-likeness (QED) is 0.0229. The molecule has 6 amide bonds. The van der Waals surface area contributed by atoms with Crippen LogP contribution in [-0.2, 0) is 85.4 Å². The first kappa shape index (κ1) is 51.6. The first-order valence-corrected chi connectivity index (χ1v) is 13.7. The standard InChI is InChI=1S/C23H36N10O10.3CO.Tc/c24-15(22(40)41)7-14-11-33(32-31-14)12-21(39)26-5-2-1-3-16(23(42)43)30-17(35)4-6-27-19(37)9-29-20(38)10-28-18(36)8-25-13-34;3*1-2;/h11,13,15-16H,1-10,12,24H2,(H,25,34)(H,26,39)(H,27,37)(H,28,36)(H,29,38)(H,30,35)(H,40,41)(H,42,43);;;;/t15-,16?;;;;/m0..../s1. The number of nitrogens with zero attached hydrogens (tertiary/aromatic N) is 3. The molecule has 0 bridgehead atoms. The van der Waals surface area contributed by atoms with Crippen LogP contribution in [0.4, 0.5) is 0 Å². The third kappa shape index (κ3) is 27.8. The second-order valence-electron chi connectivity index (χ2n) is 9.01. The predicted molar refractivity (Wildman–Crippen MR) is 155 cm³/mol. The van der Waals surface area contributed by atoms with Crippen molar-refractivity contribution < 1.29 is 82.6 Å². The Morgan fingerprint density at radius 1 is 0.800 bits per heavy atom. The zero-order valence-corrected chi connectivity index (χ0v) is 28.1. The monoisotopic (exact) mass is 793 g/mol. The number of hydrogen-bond donors (Lipinski definition) is 9. The fourth-order valence-electron chi connectivity index (χ4n) is 3.25. The Morgan fingerprint density at radius 3 is 1.88 bits per heavy atom. The molecule has 0 aromatic carbocycles. The van der Waals surface area contributed by atoms with E-state index in [2.05, 4.69) is 62.2 Å². The van der Waals surface area contributed by atoms with E-state index >= 15 is 0 Å².